The maximum atomic E-state index is 2.47. The molecule has 1 aliphatic carbocycles. The number of hydrogen-bond donors (Lipinski definition) is 0. The second-order valence-electron chi connectivity index (χ2n) is 10.8. The lowest BCUT2D eigenvalue weighted by Gasteiger charge is -2.34. The molecule has 0 aromatic heterocycles. The fourth-order valence-corrected chi connectivity index (χ4v) is 7.85. The van der Waals surface area contributed by atoms with Gasteiger partial charge in [-0.1, -0.05) is 126 Å². The van der Waals surface area contributed by atoms with Crippen molar-refractivity contribution in [2.24, 2.45) is 0 Å². The van der Waals surface area contributed by atoms with E-state index in [4.69, 9.17) is 0 Å². The van der Waals surface area contributed by atoms with Gasteiger partial charge < -0.3 is 0 Å². The van der Waals surface area contributed by atoms with Gasteiger partial charge in [-0.3, -0.25) is 0 Å². The molecule has 0 bridgehead atoms. The van der Waals surface area contributed by atoms with Crippen LogP contribution in [-0.4, -0.2) is 6.71 Å². The Morgan fingerprint density at radius 1 is 0.405 bits per heavy atom. The third-order valence-corrected chi connectivity index (χ3v) is 9.18. The predicted octanol–water partition coefficient (Wildman–Crippen LogP) is 7.27. The lowest BCUT2D eigenvalue weighted by Crippen LogP contribution is -2.57. The van der Waals surface area contributed by atoms with Crippen LogP contribution in [0.1, 0.15) is 0 Å². The average Bonchev–Trinajstić information content (AvgIpc) is 3.30. The van der Waals surface area contributed by atoms with Crippen LogP contribution in [0.25, 0.3) is 76.8 Å². The summed E-state index contributed by atoms with van der Waals surface area (Å²) in [5, 5.41) is 8.36. The molecule has 0 spiro atoms. The van der Waals surface area contributed by atoms with E-state index in [9.17, 15) is 0 Å². The van der Waals surface area contributed by atoms with Crippen molar-refractivity contribution in [3.8, 4) is 44.5 Å². The van der Waals surface area contributed by atoms with E-state index in [1.807, 2.05) is 0 Å². The van der Waals surface area contributed by atoms with E-state index < -0.39 is 0 Å². The first-order valence-corrected chi connectivity index (χ1v) is 13.2. The number of hydrogen-bond acceptors (Lipinski definition) is 0. The molecule has 3 aliphatic rings. The number of benzene rings is 7. The van der Waals surface area contributed by atoms with Crippen molar-refractivity contribution in [2.75, 3.05) is 0 Å². The highest BCUT2D eigenvalue weighted by atomic mass is 14.3. The minimum atomic E-state index is 0.245. The monoisotopic (exact) mass is 462 g/mol. The van der Waals surface area contributed by atoms with Crippen LogP contribution in [0.15, 0.2) is 115 Å². The van der Waals surface area contributed by atoms with Crippen LogP contribution in [0.3, 0.4) is 0 Å². The van der Waals surface area contributed by atoms with Crippen LogP contribution in [-0.2, 0) is 0 Å². The second-order valence-corrected chi connectivity index (χ2v) is 10.8. The zero-order valence-electron chi connectivity index (χ0n) is 20.0. The first-order valence-electron chi connectivity index (χ1n) is 13.2. The van der Waals surface area contributed by atoms with E-state index in [1.54, 1.807) is 0 Å². The normalized spacial score (nSPS) is 13.4. The van der Waals surface area contributed by atoms with E-state index in [0.717, 1.165) is 0 Å². The fraction of sp³-hybridized carbons (Fsp3) is 0. The summed E-state index contributed by atoms with van der Waals surface area (Å²) in [4.78, 5) is 0. The highest BCUT2D eigenvalue weighted by Crippen LogP contribution is 2.53. The van der Waals surface area contributed by atoms with Gasteiger partial charge in [-0.15, -0.1) is 0 Å². The molecule has 0 unspecified atom stereocenters. The Labute approximate surface area is 214 Å². The first-order chi connectivity index (χ1) is 18.4. The summed E-state index contributed by atoms with van der Waals surface area (Å²) in [6.45, 7) is 0.245. The van der Waals surface area contributed by atoms with E-state index in [2.05, 4.69) is 115 Å². The Bertz CT molecular complexity index is 2180. The van der Waals surface area contributed by atoms with Crippen LogP contribution in [0.4, 0.5) is 0 Å². The molecule has 166 valence electrons. The Balaban J connectivity index is 1.51. The summed E-state index contributed by atoms with van der Waals surface area (Å²) in [5.41, 5.74) is 15.5. The molecule has 0 saturated heterocycles. The van der Waals surface area contributed by atoms with Crippen LogP contribution in [0.5, 0.6) is 0 Å². The summed E-state index contributed by atoms with van der Waals surface area (Å²) < 4.78 is 0. The molecule has 7 aromatic carbocycles. The third-order valence-electron chi connectivity index (χ3n) is 9.18. The van der Waals surface area contributed by atoms with Crippen molar-refractivity contribution >= 4 is 55.4 Å². The molecule has 0 atom stereocenters. The molecule has 0 nitrogen and oxygen atoms in total. The highest BCUT2D eigenvalue weighted by Gasteiger charge is 2.42. The van der Waals surface area contributed by atoms with E-state index in [1.165, 1.54) is 93.2 Å². The third kappa shape index (κ3) is 2.04. The maximum absolute atomic E-state index is 2.47. The van der Waals surface area contributed by atoms with Crippen LogP contribution >= 0.6 is 0 Å². The maximum Gasteiger partial charge on any atom is 0.244 e. The number of fused-ring (bicyclic) bond motifs is 4. The van der Waals surface area contributed by atoms with Gasteiger partial charge in [0.2, 0.25) is 6.71 Å². The molecular weight excluding hydrogens is 443 g/mol. The Morgan fingerprint density at radius 2 is 1.16 bits per heavy atom. The van der Waals surface area contributed by atoms with Crippen molar-refractivity contribution in [1.82, 2.24) is 0 Å². The smallest absolute Gasteiger partial charge is 0.0663 e. The van der Waals surface area contributed by atoms with Gasteiger partial charge in [0.25, 0.3) is 0 Å². The van der Waals surface area contributed by atoms with Crippen molar-refractivity contribution in [1.29, 1.82) is 0 Å². The summed E-state index contributed by atoms with van der Waals surface area (Å²) in [6.07, 6.45) is 0. The van der Waals surface area contributed by atoms with E-state index >= 15 is 0 Å². The minimum absolute atomic E-state index is 0.245. The lowest BCUT2D eigenvalue weighted by molar-refractivity contribution is 1.64. The largest absolute Gasteiger partial charge is 0.244 e. The van der Waals surface area contributed by atoms with Crippen LogP contribution < -0.4 is 16.4 Å². The molecule has 2 heterocycles. The fourth-order valence-electron chi connectivity index (χ4n) is 7.85. The molecule has 7 aromatic rings. The van der Waals surface area contributed by atoms with E-state index in [0.29, 0.717) is 0 Å². The molecular formula is C36H19B. The topological polar surface area (TPSA) is 0 Å². The van der Waals surface area contributed by atoms with Crippen LogP contribution in [0, 0.1) is 0 Å². The summed E-state index contributed by atoms with van der Waals surface area (Å²) in [5.74, 6) is 0. The Morgan fingerprint density at radius 3 is 2.00 bits per heavy atom. The quantitative estimate of drug-likeness (QED) is 0.225. The van der Waals surface area contributed by atoms with Crippen molar-refractivity contribution in [3.05, 3.63) is 115 Å². The summed E-state index contributed by atoms with van der Waals surface area (Å²) in [7, 11) is 0. The average molecular weight is 462 g/mol. The van der Waals surface area contributed by atoms with Gasteiger partial charge in [0.15, 0.2) is 0 Å². The number of rotatable bonds is 1. The zero-order valence-corrected chi connectivity index (χ0v) is 20.0. The Hall–Kier alpha value is -4.62. The Kier molecular flexibility index (Phi) is 3.12. The SMILES string of the molecule is c1ccc(-c2cc3c4c5c6c(ccc25)-c2cccc5cccc(c25)B6c2ccc5cccc-3c5c2-4)cc1. The summed E-state index contributed by atoms with van der Waals surface area (Å²) >= 11 is 0. The molecule has 0 fully saturated rings. The van der Waals surface area contributed by atoms with Crippen molar-refractivity contribution in [2.45, 2.75) is 0 Å². The molecule has 0 N–H and O–H groups in total. The van der Waals surface area contributed by atoms with Gasteiger partial charge in [-0.25, -0.2) is 0 Å². The molecule has 2 aliphatic heterocycles. The lowest BCUT2D eigenvalue weighted by atomic mass is 9.31. The van der Waals surface area contributed by atoms with Crippen molar-refractivity contribution in [3.63, 3.8) is 0 Å². The molecule has 10 rings (SSSR count). The highest BCUT2D eigenvalue weighted by molar-refractivity contribution is 7.02. The van der Waals surface area contributed by atoms with Gasteiger partial charge in [-0.2, -0.15) is 0 Å². The van der Waals surface area contributed by atoms with Gasteiger partial charge in [0.05, 0.1) is 0 Å². The van der Waals surface area contributed by atoms with Gasteiger partial charge in [-0.05, 0) is 82.9 Å². The van der Waals surface area contributed by atoms with E-state index in [-0.39, 0.29) is 6.71 Å². The molecule has 0 radical (unpaired) electrons. The van der Waals surface area contributed by atoms with Gasteiger partial charge in [0.1, 0.15) is 0 Å². The van der Waals surface area contributed by atoms with Gasteiger partial charge >= 0.3 is 0 Å². The molecule has 37 heavy (non-hydrogen) atoms. The zero-order chi connectivity index (χ0) is 23.8. The standard InChI is InChI=1S/C36H19B/c1-2-7-20(8-3-1)27-19-28-24-13-5-10-22-15-18-30-35(32(22)24)33(28)34-25(27)16-17-26-23-12-4-9-21-11-6-14-29(31(21)23)37(30)36(26)34/h1-19H. The summed E-state index contributed by atoms with van der Waals surface area (Å²) in [6, 6.07) is 43.5. The van der Waals surface area contributed by atoms with Gasteiger partial charge in [0, 0.05) is 0 Å². The first kappa shape index (κ1) is 18.6. The predicted molar refractivity (Wildman–Crippen MR) is 159 cm³/mol. The molecule has 0 saturated carbocycles. The minimum Gasteiger partial charge on any atom is -0.0663 e. The molecule has 0 amide bonds. The van der Waals surface area contributed by atoms with Crippen molar-refractivity contribution < 1.29 is 0 Å². The second kappa shape index (κ2) is 6.20. The van der Waals surface area contributed by atoms with Crippen LogP contribution in [0.2, 0.25) is 0 Å². The molecule has 1 heteroatoms.